The fraction of sp³-hybridized carbons (Fsp3) is 0. The van der Waals surface area contributed by atoms with Gasteiger partial charge in [0.15, 0.2) is 5.76 Å². The number of rotatable bonds is 5. The van der Waals surface area contributed by atoms with Gasteiger partial charge in [0, 0.05) is 16.9 Å². The second-order valence-electron chi connectivity index (χ2n) is 5.85. The molecule has 8 nitrogen and oxygen atoms in total. The van der Waals surface area contributed by atoms with Gasteiger partial charge in [-0.2, -0.15) is 5.10 Å². The molecule has 2 amide bonds. The predicted molar refractivity (Wildman–Crippen MR) is 102 cm³/mol. The highest BCUT2D eigenvalue weighted by Crippen LogP contribution is 2.16. The minimum absolute atomic E-state index is 0.228. The van der Waals surface area contributed by atoms with E-state index in [-0.39, 0.29) is 17.6 Å². The smallest absolute Gasteiger partial charge is 0.291 e. The molecule has 0 aliphatic rings. The van der Waals surface area contributed by atoms with Gasteiger partial charge >= 0.3 is 0 Å². The molecule has 0 aliphatic heterocycles. The van der Waals surface area contributed by atoms with Crippen molar-refractivity contribution in [3.63, 3.8) is 0 Å². The molecule has 0 atom stereocenters. The third kappa shape index (κ3) is 3.80. The van der Waals surface area contributed by atoms with E-state index < -0.39 is 0 Å². The van der Waals surface area contributed by atoms with Crippen molar-refractivity contribution in [3.05, 3.63) is 90.9 Å². The zero-order chi connectivity index (χ0) is 19.3. The van der Waals surface area contributed by atoms with E-state index in [2.05, 4.69) is 20.7 Å². The SMILES string of the molecule is O=C(Nc1ccc(NC(=O)c2ccco2)cc1)c1ccc(-n2cncn2)cc1. The van der Waals surface area contributed by atoms with E-state index in [1.54, 1.807) is 71.7 Å². The maximum atomic E-state index is 12.4. The molecule has 2 heterocycles. The van der Waals surface area contributed by atoms with Crippen molar-refractivity contribution in [1.82, 2.24) is 14.8 Å². The molecule has 0 fully saturated rings. The van der Waals surface area contributed by atoms with E-state index in [9.17, 15) is 9.59 Å². The molecule has 4 rings (SSSR count). The van der Waals surface area contributed by atoms with Crippen molar-refractivity contribution in [2.75, 3.05) is 10.6 Å². The third-order valence-corrected chi connectivity index (χ3v) is 3.96. The number of benzene rings is 2. The summed E-state index contributed by atoms with van der Waals surface area (Å²) >= 11 is 0. The standard InChI is InChI=1S/C20H15N5O3/c26-19(14-3-9-17(10-4-14)25-13-21-12-22-25)23-15-5-7-16(8-6-15)24-20(27)18-2-1-11-28-18/h1-13H,(H,23,26)(H,24,27). The summed E-state index contributed by atoms with van der Waals surface area (Å²) in [6, 6.07) is 17.0. The van der Waals surface area contributed by atoms with Gasteiger partial charge in [0.2, 0.25) is 0 Å². The first-order valence-corrected chi connectivity index (χ1v) is 8.40. The zero-order valence-corrected chi connectivity index (χ0v) is 14.6. The Hall–Kier alpha value is -4.20. The van der Waals surface area contributed by atoms with Gasteiger partial charge in [-0.25, -0.2) is 9.67 Å². The van der Waals surface area contributed by atoms with Crippen LogP contribution in [-0.4, -0.2) is 26.6 Å². The molecule has 2 aromatic carbocycles. The first kappa shape index (κ1) is 17.2. The molecule has 0 unspecified atom stereocenters. The van der Waals surface area contributed by atoms with E-state index in [1.165, 1.54) is 12.6 Å². The van der Waals surface area contributed by atoms with Crippen LogP contribution in [0.1, 0.15) is 20.9 Å². The quantitative estimate of drug-likeness (QED) is 0.558. The van der Waals surface area contributed by atoms with Gasteiger partial charge in [-0.1, -0.05) is 0 Å². The molecule has 2 aromatic heterocycles. The molecule has 2 N–H and O–H groups in total. The molecule has 0 aliphatic carbocycles. The van der Waals surface area contributed by atoms with Crippen molar-refractivity contribution in [3.8, 4) is 5.69 Å². The van der Waals surface area contributed by atoms with Gasteiger partial charge in [0.1, 0.15) is 12.7 Å². The van der Waals surface area contributed by atoms with Crippen LogP contribution in [0.4, 0.5) is 11.4 Å². The van der Waals surface area contributed by atoms with Gasteiger partial charge in [-0.3, -0.25) is 9.59 Å². The minimum Gasteiger partial charge on any atom is -0.459 e. The number of amides is 2. The lowest BCUT2D eigenvalue weighted by atomic mass is 10.2. The van der Waals surface area contributed by atoms with Crippen molar-refractivity contribution >= 4 is 23.2 Å². The summed E-state index contributed by atoms with van der Waals surface area (Å²) in [5.41, 5.74) is 2.53. The van der Waals surface area contributed by atoms with Crippen LogP contribution in [0.2, 0.25) is 0 Å². The highest BCUT2D eigenvalue weighted by Gasteiger charge is 2.10. The second-order valence-corrected chi connectivity index (χ2v) is 5.85. The number of nitrogens with one attached hydrogen (secondary N) is 2. The summed E-state index contributed by atoms with van der Waals surface area (Å²) < 4.78 is 6.66. The molecule has 0 saturated carbocycles. The summed E-state index contributed by atoms with van der Waals surface area (Å²) in [5, 5.41) is 9.58. The van der Waals surface area contributed by atoms with Crippen molar-refractivity contribution < 1.29 is 14.0 Å². The Balaban J connectivity index is 1.38. The van der Waals surface area contributed by atoms with E-state index >= 15 is 0 Å². The summed E-state index contributed by atoms with van der Waals surface area (Å²) in [4.78, 5) is 28.2. The normalized spacial score (nSPS) is 10.4. The highest BCUT2D eigenvalue weighted by molar-refractivity contribution is 6.05. The van der Waals surface area contributed by atoms with Gasteiger partial charge in [-0.05, 0) is 60.7 Å². The van der Waals surface area contributed by atoms with Gasteiger partial charge < -0.3 is 15.1 Å². The van der Waals surface area contributed by atoms with Crippen molar-refractivity contribution in [1.29, 1.82) is 0 Å². The maximum absolute atomic E-state index is 12.4. The Morgan fingerprint density at radius 2 is 1.54 bits per heavy atom. The number of aromatic nitrogens is 3. The summed E-state index contributed by atoms with van der Waals surface area (Å²) in [7, 11) is 0. The lowest BCUT2D eigenvalue weighted by Gasteiger charge is -2.08. The maximum Gasteiger partial charge on any atom is 0.291 e. The molecule has 0 bridgehead atoms. The van der Waals surface area contributed by atoms with Crippen LogP contribution in [0, 0.1) is 0 Å². The lowest BCUT2D eigenvalue weighted by molar-refractivity contribution is 0.0994. The molecule has 0 spiro atoms. The molecule has 0 saturated heterocycles. The van der Waals surface area contributed by atoms with Gasteiger partial charge in [-0.15, -0.1) is 0 Å². The molecule has 138 valence electrons. The molecule has 28 heavy (non-hydrogen) atoms. The second kappa shape index (κ2) is 7.58. The minimum atomic E-state index is -0.339. The van der Waals surface area contributed by atoms with Crippen LogP contribution in [0.5, 0.6) is 0 Å². The Kier molecular flexibility index (Phi) is 4.67. The van der Waals surface area contributed by atoms with Crippen LogP contribution in [0.15, 0.2) is 84.0 Å². The molecular formula is C20H15N5O3. The summed E-state index contributed by atoms with van der Waals surface area (Å²) in [6.07, 6.45) is 4.47. The number of hydrogen-bond donors (Lipinski definition) is 2. The lowest BCUT2D eigenvalue weighted by Crippen LogP contribution is -2.13. The van der Waals surface area contributed by atoms with E-state index in [0.29, 0.717) is 16.9 Å². The number of carbonyl (C=O) groups excluding carboxylic acids is 2. The van der Waals surface area contributed by atoms with Crippen molar-refractivity contribution in [2.24, 2.45) is 0 Å². The predicted octanol–water partition coefficient (Wildman–Crippen LogP) is 3.36. The highest BCUT2D eigenvalue weighted by atomic mass is 16.3. The fourth-order valence-corrected chi connectivity index (χ4v) is 2.55. The zero-order valence-electron chi connectivity index (χ0n) is 14.6. The number of furan rings is 1. The Labute approximate surface area is 159 Å². The largest absolute Gasteiger partial charge is 0.459 e. The first-order valence-electron chi connectivity index (χ1n) is 8.40. The monoisotopic (exact) mass is 373 g/mol. The average molecular weight is 373 g/mol. The van der Waals surface area contributed by atoms with E-state index in [4.69, 9.17) is 4.42 Å². The first-order chi connectivity index (χ1) is 13.7. The Morgan fingerprint density at radius 3 is 2.11 bits per heavy atom. The topological polar surface area (TPSA) is 102 Å². The number of nitrogens with zero attached hydrogens (tertiary/aromatic N) is 3. The third-order valence-electron chi connectivity index (χ3n) is 3.96. The van der Waals surface area contributed by atoms with E-state index in [1.807, 2.05) is 0 Å². The fourth-order valence-electron chi connectivity index (χ4n) is 2.55. The summed E-state index contributed by atoms with van der Waals surface area (Å²) in [5.74, 6) is -0.349. The molecule has 8 heteroatoms. The van der Waals surface area contributed by atoms with Crippen molar-refractivity contribution in [2.45, 2.75) is 0 Å². The van der Waals surface area contributed by atoms with Crippen LogP contribution in [0.25, 0.3) is 5.69 Å². The van der Waals surface area contributed by atoms with Gasteiger partial charge in [0.05, 0.1) is 12.0 Å². The van der Waals surface area contributed by atoms with Gasteiger partial charge in [0.25, 0.3) is 11.8 Å². The number of hydrogen-bond acceptors (Lipinski definition) is 5. The van der Waals surface area contributed by atoms with E-state index in [0.717, 1.165) is 5.69 Å². The molecular weight excluding hydrogens is 358 g/mol. The van der Waals surface area contributed by atoms with Crippen LogP contribution in [0.3, 0.4) is 0 Å². The van der Waals surface area contributed by atoms with Crippen LogP contribution in [-0.2, 0) is 0 Å². The molecule has 0 radical (unpaired) electrons. The number of anilines is 2. The summed E-state index contributed by atoms with van der Waals surface area (Å²) in [6.45, 7) is 0. The average Bonchev–Trinajstić information content (AvgIpc) is 3.44. The Bertz CT molecular complexity index is 1070. The Morgan fingerprint density at radius 1 is 0.857 bits per heavy atom. The molecule has 4 aromatic rings. The van der Waals surface area contributed by atoms with Crippen LogP contribution >= 0.6 is 0 Å². The van der Waals surface area contributed by atoms with Crippen LogP contribution < -0.4 is 10.6 Å². The number of carbonyl (C=O) groups is 2.